The van der Waals surface area contributed by atoms with Gasteiger partial charge in [-0.25, -0.2) is 4.39 Å². The lowest BCUT2D eigenvalue weighted by atomic mass is 10.2. The number of carbonyl (C=O) groups is 2. The fourth-order valence-electron chi connectivity index (χ4n) is 1.38. The maximum absolute atomic E-state index is 13.4. The Morgan fingerprint density at radius 3 is 2.72 bits per heavy atom. The third kappa shape index (κ3) is 4.44. The molecule has 0 bridgehead atoms. The molecule has 0 radical (unpaired) electrons. The minimum atomic E-state index is -0.641. The van der Waals surface area contributed by atoms with Crippen LogP contribution in [0.1, 0.15) is 19.4 Å². The molecule has 4 nitrogen and oxygen atoms in total. The first-order valence-corrected chi connectivity index (χ1v) is 6.18. The fourth-order valence-corrected chi connectivity index (χ4v) is 1.79. The molecule has 0 fully saturated rings. The monoisotopic (exact) mass is 316 g/mol. The second-order valence-electron chi connectivity index (χ2n) is 3.88. The van der Waals surface area contributed by atoms with Crippen LogP contribution in [0.15, 0.2) is 22.7 Å². The van der Waals surface area contributed by atoms with Crippen molar-refractivity contribution >= 4 is 27.7 Å². The highest BCUT2D eigenvalue weighted by molar-refractivity contribution is 9.10. The van der Waals surface area contributed by atoms with E-state index in [1.165, 1.54) is 13.0 Å². The Hall–Kier alpha value is -1.43. The molecule has 0 aliphatic heterocycles. The second kappa shape index (κ2) is 6.49. The summed E-state index contributed by atoms with van der Waals surface area (Å²) in [5.74, 6) is -1.03. The van der Waals surface area contributed by atoms with E-state index in [0.717, 1.165) is 4.47 Å². The summed E-state index contributed by atoms with van der Waals surface area (Å²) in [4.78, 5) is 22.4. The molecule has 0 aliphatic carbocycles. The lowest BCUT2D eigenvalue weighted by Gasteiger charge is -2.13. The molecule has 0 aliphatic rings. The van der Waals surface area contributed by atoms with Crippen LogP contribution in [0.25, 0.3) is 0 Å². The predicted octanol–water partition coefficient (Wildman–Crippen LogP) is 1.73. The smallest absolute Gasteiger partial charge is 0.242 e. The Balaban J connectivity index is 2.57. The van der Waals surface area contributed by atoms with Crippen molar-refractivity contribution in [3.63, 3.8) is 0 Å². The summed E-state index contributed by atoms with van der Waals surface area (Å²) < 4.78 is 14.1. The van der Waals surface area contributed by atoms with Gasteiger partial charge in [0.1, 0.15) is 11.9 Å². The van der Waals surface area contributed by atoms with Gasteiger partial charge < -0.3 is 10.6 Å². The lowest BCUT2D eigenvalue weighted by Crippen LogP contribution is -2.43. The van der Waals surface area contributed by atoms with Crippen LogP contribution >= 0.6 is 15.9 Å². The Labute approximate surface area is 113 Å². The van der Waals surface area contributed by atoms with Crippen molar-refractivity contribution in [1.29, 1.82) is 0 Å². The van der Waals surface area contributed by atoms with Crippen LogP contribution < -0.4 is 10.6 Å². The maximum Gasteiger partial charge on any atom is 0.242 e. The molecule has 0 saturated heterocycles. The van der Waals surface area contributed by atoms with E-state index >= 15 is 0 Å². The second-order valence-corrected chi connectivity index (χ2v) is 4.79. The summed E-state index contributed by atoms with van der Waals surface area (Å²) in [7, 11) is 0. The standard InChI is InChI=1S/C12H14BrFN2O2/c1-7(16-8(2)17)12(18)15-6-9-5-10(13)3-4-11(9)14/h3-5,7H,6H2,1-2H3,(H,15,18)(H,16,17). The third-order valence-corrected chi connectivity index (χ3v) is 2.77. The highest BCUT2D eigenvalue weighted by Crippen LogP contribution is 2.15. The largest absolute Gasteiger partial charge is 0.350 e. The highest BCUT2D eigenvalue weighted by atomic mass is 79.9. The molecule has 6 heteroatoms. The van der Waals surface area contributed by atoms with E-state index in [0.29, 0.717) is 5.56 Å². The summed E-state index contributed by atoms with van der Waals surface area (Å²) in [5, 5.41) is 5.01. The Morgan fingerprint density at radius 2 is 2.11 bits per heavy atom. The van der Waals surface area contributed by atoms with Crippen LogP contribution in [0.2, 0.25) is 0 Å². The Kier molecular flexibility index (Phi) is 5.27. The normalized spacial score (nSPS) is 11.8. The quantitative estimate of drug-likeness (QED) is 0.888. The minimum Gasteiger partial charge on any atom is -0.350 e. The first kappa shape index (κ1) is 14.6. The number of halogens is 2. The summed E-state index contributed by atoms with van der Waals surface area (Å²) in [5.41, 5.74) is 0.382. The molecule has 2 amide bonds. The molecule has 1 unspecified atom stereocenters. The number of amides is 2. The number of hydrogen-bond donors (Lipinski definition) is 2. The van der Waals surface area contributed by atoms with Crippen molar-refractivity contribution in [1.82, 2.24) is 10.6 Å². The number of hydrogen-bond acceptors (Lipinski definition) is 2. The van der Waals surface area contributed by atoms with Crippen LogP contribution in [-0.4, -0.2) is 17.9 Å². The van der Waals surface area contributed by atoms with Gasteiger partial charge in [-0.2, -0.15) is 0 Å². The van der Waals surface area contributed by atoms with Crippen LogP contribution in [0.4, 0.5) is 4.39 Å². The van der Waals surface area contributed by atoms with Gasteiger partial charge in [0.25, 0.3) is 0 Å². The average molecular weight is 317 g/mol. The number of rotatable bonds is 4. The van der Waals surface area contributed by atoms with Gasteiger partial charge in [0.15, 0.2) is 0 Å². The maximum atomic E-state index is 13.4. The van der Waals surface area contributed by atoms with Crippen LogP contribution in [0, 0.1) is 5.82 Å². The summed E-state index contributed by atoms with van der Waals surface area (Å²) in [6.07, 6.45) is 0. The summed E-state index contributed by atoms with van der Waals surface area (Å²) in [6.45, 7) is 2.97. The van der Waals surface area contributed by atoms with Gasteiger partial charge in [-0.1, -0.05) is 15.9 Å². The highest BCUT2D eigenvalue weighted by Gasteiger charge is 2.13. The first-order valence-electron chi connectivity index (χ1n) is 5.39. The van der Waals surface area contributed by atoms with Gasteiger partial charge in [0, 0.05) is 23.5 Å². The van der Waals surface area contributed by atoms with E-state index in [4.69, 9.17) is 0 Å². The topological polar surface area (TPSA) is 58.2 Å². The van der Waals surface area contributed by atoms with E-state index in [2.05, 4.69) is 26.6 Å². The zero-order valence-electron chi connectivity index (χ0n) is 10.1. The van der Waals surface area contributed by atoms with Crippen LogP contribution in [0.5, 0.6) is 0 Å². The molecule has 1 aromatic carbocycles. The van der Waals surface area contributed by atoms with Crippen molar-refractivity contribution in [2.75, 3.05) is 0 Å². The van der Waals surface area contributed by atoms with Crippen LogP contribution in [0.3, 0.4) is 0 Å². The zero-order valence-corrected chi connectivity index (χ0v) is 11.7. The molecule has 0 saturated carbocycles. The molecule has 0 aromatic heterocycles. The van der Waals surface area contributed by atoms with Gasteiger partial charge in [-0.3, -0.25) is 9.59 Å². The van der Waals surface area contributed by atoms with E-state index in [1.54, 1.807) is 19.1 Å². The molecule has 2 N–H and O–H groups in total. The third-order valence-electron chi connectivity index (χ3n) is 2.27. The number of carbonyl (C=O) groups excluding carboxylic acids is 2. The van der Waals surface area contributed by atoms with Crippen LogP contribution in [-0.2, 0) is 16.1 Å². The number of nitrogens with one attached hydrogen (secondary N) is 2. The Morgan fingerprint density at radius 1 is 1.44 bits per heavy atom. The van der Waals surface area contributed by atoms with Gasteiger partial charge in [-0.15, -0.1) is 0 Å². The first-order chi connectivity index (χ1) is 8.40. The molecule has 0 spiro atoms. The van der Waals surface area contributed by atoms with Crippen molar-refractivity contribution in [3.05, 3.63) is 34.1 Å². The lowest BCUT2D eigenvalue weighted by molar-refractivity contribution is -0.127. The summed E-state index contributed by atoms with van der Waals surface area (Å²) in [6, 6.07) is 3.86. The fraction of sp³-hybridized carbons (Fsp3) is 0.333. The molecule has 1 aromatic rings. The molecular formula is C12H14BrFN2O2. The number of benzene rings is 1. The SMILES string of the molecule is CC(=O)NC(C)C(=O)NCc1cc(Br)ccc1F. The minimum absolute atomic E-state index is 0.0774. The molecule has 98 valence electrons. The van der Waals surface area contributed by atoms with E-state index in [-0.39, 0.29) is 24.2 Å². The average Bonchev–Trinajstić information content (AvgIpc) is 2.29. The molecule has 18 heavy (non-hydrogen) atoms. The molecule has 1 rings (SSSR count). The van der Waals surface area contributed by atoms with Crippen molar-refractivity contribution in [3.8, 4) is 0 Å². The molecule has 0 heterocycles. The van der Waals surface area contributed by atoms with Crippen molar-refractivity contribution < 1.29 is 14.0 Å². The van der Waals surface area contributed by atoms with Gasteiger partial charge in [-0.05, 0) is 25.1 Å². The molecular weight excluding hydrogens is 303 g/mol. The summed E-state index contributed by atoms with van der Waals surface area (Å²) >= 11 is 3.23. The predicted molar refractivity (Wildman–Crippen MR) is 69.2 cm³/mol. The molecule has 1 atom stereocenters. The van der Waals surface area contributed by atoms with Crippen molar-refractivity contribution in [2.24, 2.45) is 0 Å². The van der Waals surface area contributed by atoms with Gasteiger partial charge in [0.2, 0.25) is 11.8 Å². The zero-order chi connectivity index (χ0) is 13.7. The van der Waals surface area contributed by atoms with E-state index < -0.39 is 6.04 Å². The van der Waals surface area contributed by atoms with Gasteiger partial charge in [0.05, 0.1) is 0 Å². The van der Waals surface area contributed by atoms with E-state index in [9.17, 15) is 14.0 Å². The van der Waals surface area contributed by atoms with Crippen molar-refractivity contribution in [2.45, 2.75) is 26.4 Å². The van der Waals surface area contributed by atoms with E-state index in [1.807, 2.05) is 0 Å². The van der Waals surface area contributed by atoms with Gasteiger partial charge >= 0.3 is 0 Å². The Bertz CT molecular complexity index is 465.